The van der Waals surface area contributed by atoms with Gasteiger partial charge in [0.15, 0.2) is 0 Å². The molecule has 0 aliphatic heterocycles. The Morgan fingerprint density at radius 3 is 2.40 bits per heavy atom. The monoisotopic (exact) mass is 356 g/mol. The van der Waals surface area contributed by atoms with Gasteiger partial charge in [-0.1, -0.05) is 11.6 Å². The van der Waals surface area contributed by atoms with Crippen LogP contribution in [0.4, 0.5) is 0 Å². The van der Waals surface area contributed by atoms with Gasteiger partial charge in [0.05, 0.1) is 19.9 Å². The fourth-order valence-corrected chi connectivity index (χ4v) is 2.82. The fourth-order valence-electron chi connectivity index (χ4n) is 1.94. The molecule has 2 aromatic rings. The van der Waals surface area contributed by atoms with Crippen LogP contribution in [0, 0.1) is 13.8 Å². The maximum atomic E-state index is 6.13. The summed E-state index contributed by atoms with van der Waals surface area (Å²) in [6.45, 7) is 3.69. The summed E-state index contributed by atoms with van der Waals surface area (Å²) in [7, 11) is 3.21. The summed E-state index contributed by atoms with van der Waals surface area (Å²) in [6.07, 6.45) is 0. The van der Waals surface area contributed by atoms with Crippen molar-refractivity contribution >= 4 is 27.5 Å². The van der Waals surface area contributed by atoms with E-state index in [-0.39, 0.29) is 0 Å². The van der Waals surface area contributed by atoms with E-state index in [0.717, 1.165) is 21.3 Å². The van der Waals surface area contributed by atoms with E-state index in [4.69, 9.17) is 21.1 Å². The molecule has 4 nitrogen and oxygen atoms in total. The summed E-state index contributed by atoms with van der Waals surface area (Å²) >= 11 is 9.62. The van der Waals surface area contributed by atoms with Gasteiger partial charge in [0, 0.05) is 11.1 Å². The summed E-state index contributed by atoms with van der Waals surface area (Å²) < 4.78 is 11.5. The molecule has 0 aliphatic carbocycles. The van der Waals surface area contributed by atoms with Crippen LogP contribution in [-0.2, 0) is 0 Å². The molecule has 20 heavy (non-hydrogen) atoms. The Hall–Kier alpha value is -1.33. The van der Waals surface area contributed by atoms with Gasteiger partial charge < -0.3 is 9.47 Å². The molecule has 0 aliphatic rings. The first-order valence-electron chi connectivity index (χ1n) is 5.91. The van der Waals surface area contributed by atoms with E-state index in [1.807, 2.05) is 19.1 Å². The maximum Gasteiger partial charge on any atom is 0.146 e. The highest BCUT2D eigenvalue weighted by molar-refractivity contribution is 9.10. The molecule has 1 aromatic carbocycles. The number of ether oxygens (including phenoxy) is 2. The Morgan fingerprint density at radius 1 is 1.10 bits per heavy atom. The number of aryl methyl sites for hydroxylation is 1. The van der Waals surface area contributed by atoms with E-state index in [1.54, 1.807) is 21.1 Å². The third-order valence-electron chi connectivity index (χ3n) is 2.94. The lowest BCUT2D eigenvalue weighted by Gasteiger charge is -2.15. The molecule has 1 aromatic heterocycles. The maximum absolute atomic E-state index is 6.13. The highest BCUT2D eigenvalue weighted by Gasteiger charge is 2.18. The van der Waals surface area contributed by atoms with E-state index in [2.05, 4.69) is 25.9 Å². The predicted octanol–water partition coefficient (Wildman–Crippen LogP) is 4.19. The largest absolute Gasteiger partial charge is 0.495 e. The van der Waals surface area contributed by atoms with Crippen molar-refractivity contribution in [3.8, 4) is 22.8 Å². The molecule has 0 atom stereocenters. The minimum Gasteiger partial charge on any atom is -0.495 e. The van der Waals surface area contributed by atoms with Gasteiger partial charge >= 0.3 is 0 Å². The van der Waals surface area contributed by atoms with Gasteiger partial charge in [-0.2, -0.15) is 0 Å². The van der Waals surface area contributed by atoms with Gasteiger partial charge in [0.25, 0.3) is 0 Å². The van der Waals surface area contributed by atoms with E-state index >= 15 is 0 Å². The van der Waals surface area contributed by atoms with Crippen molar-refractivity contribution in [2.45, 2.75) is 13.8 Å². The van der Waals surface area contributed by atoms with Crippen LogP contribution in [0.25, 0.3) is 11.3 Å². The van der Waals surface area contributed by atoms with Crippen LogP contribution >= 0.6 is 27.5 Å². The number of hydrogen-bond acceptors (Lipinski definition) is 4. The summed E-state index contributed by atoms with van der Waals surface area (Å²) in [4.78, 5) is 8.62. The van der Waals surface area contributed by atoms with E-state index in [9.17, 15) is 0 Å². The Bertz CT molecular complexity index is 662. The van der Waals surface area contributed by atoms with Crippen molar-refractivity contribution in [3.63, 3.8) is 0 Å². The molecule has 6 heteroatoms. The Labute approximate surface area is 131 Å². The number of methoxy groups -OCH3 is 2. The Morgan fingerprint density at radius 2 is 1.80 bits per heavy atom. The number of aromatic nitrogens is 2. The highest BCUT2D eigenvalue weighted by Crippen LogP contribution is 2.42. The number of benzene rings is 1. The lowest BCUT2D eigenvalue weighted by molar-refractivity contribution is 0.390. The molecule has 0 saturated carbocycles. The van der Waals surface area contributed by atoms with Crippen LogP contribution in [0.5, 0.6) is 11.5 Å². The van der Waals surface area contributed by atoms with Crippen molar-refractivity contribution in [3.05, 3.63) is 33.1 Å². The second kappa shape index (κ2) is 5.97. The van der Waals surface area contributed by atoms with Crippen LogP contribution in [0.15, 0.2) is 16.6 Å². The molecule has 0 radical (unpaired) electrons. The van der Waals surface area contributed by atoms with Crippen LogP contribution in [-0.4, -0.2) is 24.2 Å². The topological polar surface area (TPSA) is 44.2 Å². The van der Waals surface area contributed by atoms with Gasteiger partial charge in [-0.25, -0.2) is 9.97 Å². The second-order valence-electron chi connectivity index (χ2n) is 4.20. The minimum atomic E-state index is 0.446. The van der Waals surface area contributed by atoms with Gasteiger partial charge in [-0.05, 0) is 41.9 Å². The zero-order valence-electron chi connectivity index (χ0n) is 11.6. The molecule has 0 unspecified atom stereocenters. The van der Waals surface area contributed by atoms with Gasteiger partial charge in [0.2, 0.25) is 0 Å². The Kier molecular flexibility index (Phi) is 4.50. The smallest absolute Gasteiger partial charge is 0.146 e. The minimum absolute atomic E-state index is 0.446. The van der Waals surface area contributed by atoms with Crippen molar-refractivity contribution < 1.29 is 9.47 Å². The average molecular weight is 358 g/mol. The first-order chi connectivity index (χ1) is 9.49. The number of halogens is 2. The molecule has 1 heterocycles. The van der Waals surface area contributed by atoms with E-state index in [0.29, 0.717) is 22.5 Å². The molecule has 0 fully saturated rings. The zero-order chi connectivity index (χ0) is 14.9. The number of nitrogens with zero attached hydrogens (tertiary/aromatic N) is 2. The van der Waals surface area contributed by atoms with Crippen molar-refractivity contribution in [2.24, 2.45) is 0 Å². The lowest BCUT2D eigenvalue weighted by Crippen LogP contribution is -1.99. The fraction of sp³-hybridized carbons (Fsp3) is 0.286. The van der Waals surface area contributed by atoms with Crippen LogP contribution < -0.4 is 9.47 Å². The summed E-state index contributed by atoms with van der Waals surface area (Å²) in [5, 5.41) is 0.446. The van der Waals surface area contributed by atoms with Crippen molar-refractivity contribution in [1.29, 1.82) is 0 Å². The van der Waals surface area contributed by atoms with Crippen LogP contribution in [0.3, 0.4) is 0 Å². The Balaban J connectivity index is 2.73. The second-order valence-corrected chi connectivity index (χ2v) is 5.35. The van der Waals surface area contributed by atoms with Crippen molar-refractivity contribution in [2.75, 3.05) is 14.2 Å². The molecule has 2 rings (SSSR count). The van der Waals surface area contributed by atoms with Crippen molar-refractivity contribution in [1.82, 2.24) is 9.97 Å². The standard InChI is InChI=1S/C14H14BrClN2O2/c1-7-12(17-8(2)18-14(7)16)9-5-6-10(19-3)11(15)13(9)20-4/h5-6H,1-4H3. The zero-order valence-corrected chi connectivity index (χ0v) is 14.0. The highest BCUT2D eigenvalue weighted by atomic mass is 79.9. The molecule has 106 valence electrons. The molecule has 0 saturated heterocycles. The molecule has 0 N–H and O–H groups in total. The quantitative estimate of drug-likeness (QED) is 0.773. The molecular formula is C14H14BrClN2O2. The SMILES string of the molecule is COc1ccc(-c2nc(C)nc(Cl)c2C)c(OC)c1Br. The molecule has 0 bridgehead atoms. The molecule has 0 amide bonds. The van der Waals surface area contributed by atoms with Gasteiger partial charge in [0.1, 0.15) is 26.9 Å². The number of hydrogen-bond donors (Lipinski definition) is 0. The first-order valence-corrected chi connectivity index (χ1v) is 7.08. The lowest BCUT2D eigenvalue weighted by atomic mass is 10.1. The average Bonchev–Trinajstić information content (AvgIpc) is 2.42. The van der Waals surface area contributed by atoms with Gasteiger partial charge in [-0.15, -0.1) is 0 Å². The third-order valence-corrected chi connectivity index (χ3v) is 4.06. The van der Waals surface area contributed by atoms with E-state index < -0.39 is 0 Å². The number of rotatable bonds is 3. The predicted molar refractivity (Wildman–Crippen MR) is 82.8 cm³/mol. The molecule has 0 spiro atoms. The third kappa shape index (κ3) is 2.60. The first kappa shape index (κ1) is 15.1. The van der Waals surface area contributed by atoms with Gasteiger partial charge in [-0.3, -0.25) is 0 Å². The normalized spacial score (nSPS) is 10.5. The summed E-state index contributed by atoms with van der Waals surface area (Å²) in [6, 6.07) is 3.75. The van der Waals surface area contributed by atoms with Crippen LogP contribution in [0.2, 0.25) is 5.15 Å². The molecular weight excluding hydrogens is 344 g/mol. The summed E-state index contributed by atoms with van der Waals surface area (Å²) in [5.74, 6) is 1.96. The van der Waals surface area contributed by atoms with Crippen LogP contribution in [0.1, 0.15) is 11.4 Å². The summed E-state index contributed by atoms with van der Waals surface area (Å²) in [5.41, 5.74) is 2.40. The van der Waals surface area contributed by atoms with E-state index in [1.165, 1.54) is 0 Å².